The average molecular weight is 387 g/mol. The third kappa shape index (κ3) is 3.74. The van der Waals surface area contributed by atoms with Crippen molar-refractivity contribution in [3.8, 4) is 0 Å². The number of aromatic nitrogens is 3. The van der Waals surface area contributed by atoms with Crippen molar-refractivity contribution in [1.29, 1.82) is 0 Å². The largest absolute Gasteiger partial charge is 0.378 e. The standard InChI is InChI=1S/C20H17N7O2/c21-19-18(27(28)29)20(23-13-22-19)25-24-10-15-12-26(11-14-6-2-1-3-7-14)17-9-5-4-8-16(15)17/h1-10,12-13H,11H2,(H3,21,22,23,25). The van der Waals surface area contributed by atoms with Crippen LogP contribution in [0.5, 0.6) is 0 Å². The zero-order valence-corrected chi connectivity index (χ0v) is 15.3. The molecule has 0 fully saturated rings. The summed E-state index contributed by atoms with van der Waals surface area (Å²) in [6, 6.07) is 18.1. The van der Waals surface area contributed by atoms with Gasteiger partial charge in [0.05, 0.1) is 11.1 Å². The molecule has 29 heavy (non-hydrogen) atoms. The number of hydrogen-bond donors (Lipinski definition) is 2. The van der Waals surface area contributed by atoms with Gasteiger partial charge < -0.3 is 10.3 Å². The number of rotatable bonds is 6. The van der Waals surface area contributed by atoms with E-state index in [9.17, 15) is 10.1 Å². The molecule has 0 saturated carbocycles. The van der Waals surface area contributed by atoms with Gasteiger partial charge in [-0.2, -0.15) is 5.10 Å². The normalized spacial score (nSPS) is 11.2. The summed E-state index contributed by atoms with van der Waals surface area (Å²) >= 11 is 0. The van der Waals surface area contributed by atoms with E-state index < -0.39 is 10.6 Å². The molecule has 0 bridgehead atoms. The Morgan fingerprint density at radius 3 is 2.69 bits per heavy atom. The van der Waals surface area contributed by atoms with Crippen LogP contribution in [0, 0.1) is 10.1 Å². The first-order valence-corrected chi connectivity index (χ1v) is 8.79. The van der Waals surface area contributed by atoms with Crippen molar-refractivity contribution >= 4 is 34.4 Å². The highest BCUT2D eigenvalue weighted by Crippen LogP contribution is 2.26. The summed E-state index contributed by atoms with van der Waals surface area (Å²) < 4.78 is 2.14. The van der Waals surface area contributed by atoms with E-state index >= 15 is 0 Å². The fourth-order valence-corrected chi connectivity index (χ4v) is 3.11. The van der Waals surface area contributed by atoms with Crippen molar-refractivity contribution in [1.82, 2.24) is 14.5 Å². The van der Waals surface area contributed by atoms with Crippen LogP contribution in [0.15, 0.2) is 72.2 Å². The van der Waals surface area contributed by atoms with Gasteiger partial charge in [-0.1, -0.05) is 48.5 Å². The fraction of sp³-hybridized carbons (Fsp3) is 0.0500. The maximum atomic E-state index is 11.2. The molecule has 0 unspecified atom stereocenters. The van der Waals surface area contributed by atoms with Gasteiger partial charge in [-0.05, 0) is 11.6 Å². The Labute approximate surface area is 165 Å². The number of hydrazone groups is 1. The van der Waals surface area contributed by atoms with Crippen LogP contribution in [0.25, 0.3) is 10.9 Å². The van der Waals surface area contributed by atoms with Crippen molar-refractivity contribution in [3.63, 3.8) is 0 Å². The van der Waals surface area contributed by atoms with Crippen molar-refractivity contribution in [2.75, 3.05) is 11.2 Å². The second-order valence-electron chi connectivity index (χ2n) is 6.30. The number of nitro groups is 1. The number of hydrogen-bond acceptors (Lipinski definition) is 7. The molecule has 0 aliphatic rings. The zero-order valence-electron chi connectivity index (χ0n) is 15.3. The zero-order chi connectivity index (χ0) is 20.2. The van der Waals surface area contributed by atoms with E-state index in [2.05, 4.69) is 37.2 Å². The van der Waals surface area contributed by atoms with Crippen LogP contribution in [-0.4, -0.2) is 25.7 Å². The Bertz CT molecular complexity index is 1200. The van der Waals surface area contributed by atoms with Gasteiger partial charge >= 0.3 is 5.69 Å². The Morgan fingerprint density at radius 2 is 1.90 bits per heavy atom. The van der Waals surface area contributed by atoms with Crippen molar-refractivity contribution in [2.24, 2.45) is 5.10 Å². The van der Waals surface area contributed by atoms with Crippen molar-refractivity contribution in [3.05, 3.63) is 88.4 Å². The van der Waals surface area contributed by atoms with Gasteiger partial charge in [-0.25, -0.2) is 9.97 Å². The number of para-hydroxylation sites is 1. The molecule has 9 heteroatoms. The first-order valence-electron chi connectivity index (χ1n) is 8.79. The molecular weight excluding hydrogens is 370 g/mol. The summed E-state index contributed by atoms with van der Waals surface area (Å²) in [5.41, 5.74) is 10.9. The Hall–Kier alpha value is -4.27. The molecule has 0 aliphatic heterocycles. The first kappa shape index (κ1) is 18.1. The summed E-state index contributed by atoms with van der Waals surface area (Å²) in [4.78, 5) is 18.0. The quantitative estimate of drug-likeness (QED) is 0.297. The molecular formula is C20H17N7O2. The minimum atomic E-state index is -0.640. The van der Waals surface area contributed by atoms with Crippen LogP contribution in [0.2, 0.25) is 0 Å². The van der Waals surface area contributed by atoms with Gasteiger partial charge in [-0.3, -0.25) is 15.5 Å². The molecule has 0 aliphatic carbocycles. The number of nitrogen functional groups attached to an aromatic ring is 1. The second kappa shape index (κ2) is 7.77. The molecule has 4 aromatic rings. The fourth-order valence-electron chi connectivity index (χ4n) is 3.11. The maximum absolute atomic E-state index is 11.2. The van der Waals surface area contributed by atoms with E-state index in [-0.39, 0.29) is 11.6 Å². The number of anilines is 2. The minimum absolute atomic E-state index is 0.0632. The minimum Gasteiger partial charge on any atom is -0.378 e. The van der Waals surface area contributed by atoms with E-state index in [1.54, 1.807) is 6.21 Å². The lowest BCUT2D eigenvalue weighted by atomic mass is 10.2. The maximum Gasteiger partial charge on any atom is 0.354 e. The van der Waals surface area contributed by atoms with E-state index in [4.69, 9.17) is 5.73 Å². The molecule has 9 nitrogen and oxygen atoms in total. The smallest absolute Gasteiger partial charge is 0.354 e. The SMILES string of the molecule is Nc1ncnc(NN=Cc2cn(Cc3ccccc3)c3ccccc23)c1[N+](=O)[O-]. The highest BCUT2D eigenvalue weighted by molar-refractivity contribution is 5.99. The summed E-state index contributed by atoms with van der Waals surface area (Å²) in [5, 5.41) is 16.3. The predicted octanol–water partition coefficient (Wildman–Crippen LogP) is 3.42. The molecule has 4 rings (SSSR count). The molecule has 0 amide bonds. The molecule has 0 saturated heterocycles. The van der Waals surface area contributed by atoms with Gasteiger partial charge in [-0.15, -0.1) is 0 Å². The summed E-state index contributed by atoms with van der Waals surface area (Å²) in [6.07, 6.45) is 4.74. The lowest BCUT2D eigenvalue weighted by Crippen LogP contribution is -2.04. The lowest BCUT2D eigenvalue weighted by molar-refractivity contribution is -0.383. The van der Waals surface area contributed by atoms with Crippen LogP contribution >= 0.6 is 0 Å². The lowest BCUT2D eigenvalue weighted by Gasteiger charge is -2.05. The van der Waals surface area contributed by atoms with Crippen LogP contribution in [-0.2, 0) is 6.54 Å². The number of nitrogens with zero attached hydrogens (tertiary/aromatic N) is 5. The molecule has 0 spiro atoms. The van der Waals surface area contributed by atoms with Gasteiger partial charge in [0.25, 0.3) is 0 Å². The summed E-state index contributed by atoms with van der Waals surface area (Å²) in [7, 11) is 0. The van der Waals surface area contributed by atoms with Gasteiger partial charge in [0, 0.05) is 29.2 Å². The van der Waals surface area contributed by atoms with Crippen LogP contribution in [0.3, 0.4) is 0 Å². The number of benzene rings is 2. The van der Waals surface area contributed by atoms with E-state index in [0.717, 1.165) is 29.3 Å². The topological polar surface area (TPSA) is 124 Å². The highest BCUT2D eigenvalue weighted by Gasteiger charge is 2.20. The second-order valence-corrected chi connectivity index (χ2v) is 6.30. The summed E-state index contributed by atoms with van der Waals surface area (Å²) in [6.45, 7) is 0.719. The van der Waals surface area contributed by atoms with Crippen LogP contribution in [0.4, 0.5) is 17.3 Å². The third-order valence-corrected chi connectivity index (χ3v) is 4.42. The van der Waals surface area contributed by atoms with E-state index in [1.807, 2.05) is 48.7 Å². The Kier molecular flexibility index (Phi) is 4.85. The monoisotopic (exact) mass is 387 g/mol. The molecule has 144 valence electrons. The van der Waals surface area contributed by atoms with Crippen LogP contribution < -0.4 is 11.2 Å². The third-order valence-electron chi connectivity index (χ3n) is 4.42. The summed E-state index contributed by atoms with van der Waals surface area (Å²) in [5.74, 6) is -0.283. The van der Waals surface area contributed by atoms with Crippen molar-refractivity contribution < 1.29 is 4.92 Å². The average Bonchev–Trinajstić information content (AvgIpc) is 3.06. The number of fused-ring (bicyclic) bond motifs is 1. The van der Waals surface area contributed by atoms with E-state index in [0.29, 0.717) is 0 Å². The molecule has 2 aromatic heterocycles. The van der Waals surface area contributed by atoms with Gasteiger partial charge in [0.15, 0.2) is 0 Å². The molecule has 0 radical (unpaired) electrons. The first-order chi connectivity index (χ1) is 14.1. The number of nitrogens with two attached hydrogens (primary N) is 1. The molecule has 3 N–H and O–H groups in total. The highest BCUT2D eigenvalue weighted by atomic mass is 16.6. The van der Waals surface area contributed by atoms with Gasteiger partial charge in [0.2, 0.25) is 11.6 Å². The molecule has 0 atom stereocenters. The van der Waals surface area contributed by atoms with Crippen molar-refractivity contribution in [2.45, 2.75) is 6.54 Å². The molecule has 2 aromatic carbocycles. The Balaban J connectivity index is 1.64. The van der Waals surface area contributed by atoms with Gasteiger partial charge in [0.1, 0.15) is 6.33 Å². The predicted molar refractivity (Wildman–Crippen MR) is 112 cm³/mol. The van der Waals surface area contributed by atoms with Crippen LogP contribution in [0.1, 0.15) is 11.1 Å². The van der Waals surface area contributed by atoms with E-state index in [1.165, 1.54) is 5.56 Å². The number of nitrogens with one attached hydrogen (secondary N) is 1. The Morgan fingerprint density at radius 1 is 1.14 bits per heavy atom. The molecule has 2 heterocycles.